The molecule has 3 rings (SSSR count). The van der Waals surface area contributed by atoms with Crippen molar-refractivity contribution in [2.24, 2.45) is 0 Å². The average Bonchev–Trinajstić information content (AvgIpc) is 2.72. The van der Waals surface area contributed by atoms with E-state index in [1.807, 2.05) is 11.2 Å². The Morgan fingerprint density at radius 2 is 2.04 bits per heavy atom. The van der Waals surface area contributed by atoms with Crippen molar-refractivity contribution in [2.45, 2.75) is 4.90 Å². The van der Waals surface area contributed by atoms with Crippen molar-refractivity contribution in [3.05, 3.63) is 57.8 Å². The minimum atomic E-state index is -0.527. The molecule has 2 heterocycles. The summed E-state index contributed by atoms with van der Waals surface area (Å²) in [6, 6.07) is 10.1. The predicted octanol–water partition coefficient (Wildman–Crippen LogP) is 2.55. The van der Waals surface area contributed by atoms with E-state index < -0.39 is 4.92 Å². The molecule has 1 saturated heterocycles. The van der Waals surface area contributed by atoms with Crippen molar-refractivity contribution in [1.82, 2.24) is 9.88 Å². The summed E-state index contributed by atoms with van der Waals surface area (Å²) in [6.07, 6.45) is 3.48. The number of anilines is 1. The van der Waals surface area contributed by atoms with E-state index in [2.05, 4.69) is 11.1 Å². The largest absolute Gasteiger partial charge is 0.352 e. The second-order valence-corrected chi connectivity index (χ2v) is 6.79. The molecule has 0 atom stereocenters. The summed E-state index contributed by atoms with van der Waals surface area (Å²) in [7, 11) is 0. The zero-order chi connectivity index (χ0) is 19.4. The third-order valence-electron chi connectivity index (χ3n) is 4.40. The summed E-state index contributed by atoms with van der Waals surface area (Å²) >= 11 is 1.43. The lowest BCUT2D eigenvalue weighted by Gasteiger charge is -2.35. The number of carbonyl (C=O) groups excluding carboxylic acids is 1. The maximum atomic E-state index is 12.9. The Morgan fingerprint density at radius 3 is 2.67 bits per heavy atom. The number of carbonyl (C=O) groups is 1. The summed E-state index contributed by atoms with van der Waals surface area (Å²) in [5.41, 5.74) is 0.410. The number of amides is 1. The zero-order valence-corrected chi connectivity index (χ0v) is 15.5. The Hall–Kier alpha value is -3.12. The van der Waals surface area contributed by atoms with E-state index >= 15 is 0 Å². The van der Waals surface area contributed by atoms with Crippen LogP contribution < -0.4 is 4.90 Å². The quantitative estimate of drug-likeness (QED) is 0.454. The highest BCUT2D eigenvalue weighted by atomic mass is 32.2. The Bertz CT molecular complexity index is 919. The molecule has 0 aliphatic carbocycles. The Labute approximate surface area is 160 Å². The van der Waals surface area contributed by atoms with Crippen LogP contribution in [0.2, 0.25) is 0 Å². The molecule has 0 unspecified atom stereocenters. The number of rotatable bonds is 4. The number of piperazine rings is 1. The predicted molar refractivity (Wildman–Crippen MR) is 102 cm³/mol. The molecule has 1 aromatic carbocycles. The highest BCUT2D eigenvalue weighted by Gasteiger charge is 2.28. The van der Waals surface area contributed by atoms with Crippen LogP contribution in [0.1, 0.15) is 15.9 Å². The van der Waals surface area contributed by atoms with Crippen LogP contribution in [0.3, 0.4) is 0 Å². The first-order chi connectivity index (χ1) is 13.0. The van der Waals surface area contributed by atoms with Crippen LogP contribution in [-0.4, -0.2) is 53.1 Å². The summed E-state index contributed by atoms with van der Waals surface area (Å²) in [5, 5.41) is 20.5. The van der Waals surface area contributed by atoms with E-state index in [9.17, 15) is 20.2 Å². The van der Waals surface area contributed by atoms with Crippen LogP contribution in [0.5, 0.6) is 0 Å². The van der Waals surface area contributed by atoms with Crippen molar-refractivity contribution in [3.63, 3.8) is 0 Å². The summed E-state index contributed by atoms with van der Waals surface area (Å²) < 4.78 is 0. The van der Waals surface area contributed by atoms with Crippen LogP contribution in [0.25, 0.3) is 0 Å². The molecule has 1 fully saturated rings. The molecular weight excluding hydrogens is 366 g/mol. The van der Waals surface area contributed by atoms with Crippen LogP contribution in [0.4, 0.5) is 11.5 Å². The minimum absolute atomic E-state index is 0.107. The van der Waals surface area contributed by atoms with Crippen LogP contribution in [0.15, 0.2) is 41.4 Å². The second-order valence-electron chi connectivity index (χ2n) is 5.91. The molecule has 0 spiro atoms. The highest BCUT2D eigenvalue weighted by Crippen LogP contribution is 2.27. The number of hydrogen-bond acceptors (Lipinski definition) is 7. The van der Waals surface area contributed by atoms with E-state index in [1.165, 1.54) is 17.8 Å². The molecule has 1 aliphatic rings. The number of nitriles is 1. The number of pyridine rings is 1. The lowest BCUT2D eigenvalue weighted by molar-refractivity contribution is -0.385. The minimum Gasteiger partial charge on any atom is -0.352 e. The Balaban J connectivity index is 1.78. The number of hydrogen-bond donors (Lipinski definition) is 0. The first-order valence-corrected chi connectivity index (χ1v) is 9.49. The number of nitro groups is 1. The maximum absolute atomic E-state index is 12.9. The number of aromatic nitrogens is 1. The molecule has 0 bridgehead atoms. The van der Waals surface area contributed by atoms with Gasteiger partial charge in [0.15, 0.2) is 0 Å². The molecule has 9 heteroatoms. The van der Waals surface area contributed by atoms with Crippen molar-refractivity contribution in [1.29, 1.82) is 5.26 Å². The third-order valence-corrected chi connectivity index (χ3v) is 5.13. The number of thioether (sulfide) groups is 1. The summed E-state index contributed by atoms with van der Waals surface area (Å²) in [4.78, 5) is 32.3. The monoisotopic (exact) mass is 383 g/mol. The zero-order valence-electron chi connectivity index (χ0n) is 14.7. The van der Waals surface area contributed by atoms with Crippen LogP contribution >= 0.6 is 11.8 Å². The van der Waals surface area contributed by atoms with Gasteiger partial charge < -0.3 is 9.80 Å². The third kappa shape index (κ3) is 3.85. The number of nitro benzene ring substituents is 1. The van der Waals surface area contributed by atoms with Gasteiger partial charge in [-0.2, -0.15) is 5.26 Å². The van der Waals surface area contributed by atoms with E-state index in [1.54, 1.807) is 35.4 Å². The van der Waals surface area contributed by atoms with Crippen molar-refractivity contribution in [3.8, 4) is 6.07 Å². The van der Waals surface area contributed by atoms with Gasteiger partial charge in [-0.15, -0.1) is 11.8 Å². The van der Waals surface area contributed by atoms with E-state index in [4.69, 9.17) is 0 Å². The van der Waals surface area contributed by atoms with Gasteiger partial charge in [0, 0.05) is 43.3 Å². The molecule has 0 radical (unpaired) electrons. The van der Waals surface area contributed by atoms with Gasteiger partial charge in [-0.25, -0.2) is 4.98 Å². The second kappa shape index (κ2) is 8.05. The first kappa shape index (κ1) is 18.7. The molecule has 0 saturated carbocycles. The topological polar surface area (TPSA) is 103 Å². The smallest absolute Gasteiger partial charge is 0.282 e. The summed E-state index contributed by atoms with van der Waals surface area (Å²) in [6.45, 7) is 1.82. The van der Waals surface area contributed by atoms with Crippen molar-refractivity contribution < 1.29 is 9.72 Å². The fourth-order valence-electron chi connectivity index (χ4n) is 3.00. The normalized spacial score (nSPS) is 13.9. The van der Waals surface area contributed by atoms with E-state index in [0.29, 0.717) is 37.6 Å². The molecule has 0 N–H and O–H groups in total. The first-order valence-electron chi connectivity index (χ1n) is 8.27. The van der Waals surface area contributed by atoms with Crippen LogP contribution in [-0.2, 0) is 0 Å². The van der Waals surface area contributed by atoms with Crippen LogP contribution in [0, 0.1) is 21.4 Å². The molecule has 8 nitrogen and oxygen atoms in total. The van der Waals surface area contributed by atoms with Gasteiger partial charge in [-0.3, -0.25) is 14.9 Å². The molecule has 1 aliphatic heterocycles. The number of benzene rings is 1. The van der Waals surface area contributed by atoms with Gasteiger partial charge in [-0.1, -0.05) is 0 Å². The molecule has 27 heavy (non-hydrogen) atoms. The molecule has 2 aromatic rings. The van der Waals surface area contributed by atoms with Gasteiger partial charge in [0.05, 0.1) is 10.5 Å². The van der Waals surface area contributed by atoms with E-state index in [-0.39, 0.29) is 17.2 Å². The Kier molecular flexibility index (Phi) is 5.57. The van der Waals surface area contributed by atoms with Gasteiger partial charge in [0.25, 0.3) is 11.6 Å². The van der Waals surface area contributed by atoms with Crippen molar-refractivity contribution in [2.75, 3.05) is 37.3 Å². The van der Waals surface area contributed by atoms with E-state index in [0.717, 1.165) is 4.90 Å². The lowest BCUT2D eigenvalue weighted by atomic mass is 10.1. The average molecular weight is 383 g/mol. The maximum Gasteiger partial charge on any atom is 0.282 e. The highest BCUT2D eigenvalue weighted by molar-refractivity contribution is 7.98. The van der Waals surface area contributed by atoms with Gasteiger partial charge in [-0.05, 0) is 30.5 Å². The van der Waals surface area contributed by atoms with Gasteiger partial charge in [0.1, 0.15) is 17.5 Å². The van der Waals surface area contributed by atoms with Gasteiger partial charge >= 0.3 is 0 Å². The molecule has 138 valence electrons. The summed E-state index contributed by atoms with van der Waals surface area (Å²) in [5.74, 6) is 0.251. The molecule has 1 amide bonds. The Morgan fingerprint density at radius 1 is 1.30 bits per heavy atom. The fraction of sp³-hybridized carbons (Fsp3) is 0.278. The molecular formula is C18H17N5O3S. The molecule has 1 aromatic heterocycles. The number of nitrogens with zero attached hydrogens (tertiary/aromatic N) is 5. The van der Waals surface area contributed by atoms with Crippen molar-refractivity contribution >= 4 is 29.2 Å². The van der Waals surface area contributed by atoms with Gasteiger partial charge in [0.2, 0.25) is 0 Å². The standard InChI is InChI=1S/C18H17N5O3S/c1-27-14-4-5-16(23(25)26)15(11-14)18(24)22-9-7-21(8-10-22)17-13(12-19)3-2-6-20-17/h2-6,11H,7-10H2,1H3. The fourth-order valence-corrected chi connectivity index (χ4v) is 3.44. The lowest BCUT2D eigenvalue weighted by Crippen LogP contribution is -2.49. The SMILES string of the molecule is CSc1ccc([N+](=O)[O-])c(C(=O)N2CCN(c3ncccc3C#N)CC2)c1.